The number of nitrogens with one attached hydrogen (secondary N) is 2. The Balaban J connectivity index is 1.63. The fraction of sp³-hybridized carbons (Fsp3) is 0.833. The number of rotatable bonds is 3. The van der Waals surface area contributed by atoms with Crippen LogP contribution in [0.4, 0.5) is 0 Å². The van der Waals surface area contributed by atoms with E-state index in [-0.39, 0.29) is 0 Å². The molecule has 0 aromatic carbocycles. The zero-order valence-corrected chi connectivity index (χ0v) is 8.97. The van der Waals surface area contributed by atoms with E-state index in [2.05, 4.69) is 22.8 Å². The molecule has 0 amide bonds. The van der Waals surface area contributed by atoms with Crippen LogP contribution < -0.4 is 10.6 Å². The van der Waals surface area contributed by atoms with Gasteiger partial charge in [0, 0.05) is 6.04 Å². The van der Waals surface area contributed by atoms with E-state index in [0.29, 0.717) is 0 Å². The third-order valence-electron chi connectivity index (χ3n) is 3.42. The van der Waals surface area contributed by atoms with Crippen molar-refractivity contribution in [3.05, 3.63) is 12.2 Å². The Kier molecular flexibility index (Phi) is 4.02. The standard InChI is InChI=1S/C12H22N2/c1-2-4-12(5-3-1)14-10-11-6-8-13-9-7-11/h1-2,11-14H,3-10H2. The predicted octanol–water partition coefficient (Wildman–Crippen LogP) is 1.68. The van der Waals surface area contributed by atoms with E-state index in [1.165, 1.54) is 51.7 Å². The summed E-state index contributed by atoms with van der Waals surface area (Å²) in [6.45, 7) is 3.67. The second-order valence-corrected chi connectivity index (χ2v) is 4.58. The van der Waals surface area contributed by atoms with E-state index >= 15 is 0 Å². The molecule has 1 atom stereocenters. The fourth-order valence-corrected chi connectivity index (χ4v) is 2.40. The first-order valence-corrected chi connectivity index (χ1v) is 6.04. The lowest BCUT2D eigenvalue weighted by atomic mass is 9.96. The second-order valence-electron chi connectivity index (χ2n) is 4.58. The van der Waals surface area contributed by atoms with Crippen LogP contribution in [0, 0.1) is 5.92 Å². The molecule has 0 saturated carbocycles. The first-order chi connectivity index (χ1) is 6.95. The molecule has 80 valence electrons. The van der Waals surface area contributed by atoms with Gasteiger partial charge in [0.25, 0.3) is 0 Å². The average Bonchev–Trinajstić information content (AvgIpc) is 2.29. The highest BCUT2D eigenvalue weighted by molar-refractivity contribution is 4.93. The minimum atomic E-state index is 0.759. The van der Waals surface area contributed by atoms with Gasteiger partial charge in [-0.2, -0.15) is 0 Å². The summed E-state index contributed by atoms with van der Waals surface area (Å²) >= 11 is 0. The van der Waals surface area contributed by atoms with Crippen molar-refractivity contribution in [3.63, 3.8) is 0 Å². The summed E-state index contributed by atoms with van der Waals surface area (Å²) in [6.07, 6.45) is 11.2. The fourth-order valence-electron chi connectivity index (χ4n) is 2.40. The summed E-state index contributed by atoms with van der Waals surface area (Å²) in [7, 11) is 0. The Bertz CT molecular complexity index is 183. The van der Waals surface area contributed by atoms with Crippen LogP contribution in [0.2, 0.25) is 0 Å². The molecule has 1 heterocycles. The third kappa shape index (κ3) is 3.10. The first-order valence-electron chi connectivity index (χ1n) is 6.04. The number of piperidine rings is 1. The van der Waals surface area contributed by atoms with Crippen LogP contribution in [0.1, 0.15) is 32.1 Å². The van der Waals surface area contributed by atoms with E-state index in [1.54, 1.807) is 0 Å². The summed E-state index contributed by atoms with van der Waals surface area (Å²) in [5.41, 5.74) is 0. The average molecular weight is 194 g/mol. The van der Waals surface area contributed by atoms with Crippen LogP contribution in [0.5, 0.6) is 0 Å². The molecule has 0 aromatic rings. The van der Waals surface area contributed by atoms with Crippen molar-refractivity contribution >= 4 is 0 Å². The van der Waals surface area contributed by atoms with Gasteiger partial charge in [0.15, 0.2) is 0 Å². The lowest BCUT2D eigenvalue weighted by Crippen LogP contribution is -2.38. The number of hydrogen-bond acceptors (Lipinski definition) is 2. The SMILES string of the molecule is C1=CCC(NCC2CCNCC2)CC1. The van der Waals surface area contributed by atoms with Crippen LogP contribution in [-0.2, 0) is 0 Å². The van der Waals surface area contributed by atoms with E-state index in [9.17, 15) is 0 Å². The minimum Gasteiger partial charge on any atom is -0.317 e. The van der Waals surface area contributed by atoms with Gasteiger partial charge in [0.2, 0.25) is 0 Å². The van der Waals surface area contributed by atoms with Gasteiger partial charge in [-0.15, -0.1) is 0 Å². The summed E-state index contributed by atoms with van der Waals surface area (Å²) in [5, 5.41) is 7.13. The topological polar surface area (TPSA) is 24.1 Å². The number of hydrogen-bond donors (Lipinski definition) is 2. The molecule has 1 unspecified atom stereocenters. The van der Waals surface area contributed by atoms with Crippen LogP contribution in [-0.4, -0.2) is 25.7 Å². The normalized spacial score (nSPS) is 29.3. The molecule has 0 aromatic heterocycles. The number of allylic oxidation sites excluding steroid dienone is 1. The van der Waals surface area contributed by atoms with Crippen LogP contribution in [0.15, 0.2) is 12.2 Å². The maximum atomic E-state index is 3.71. The van der Waals surface area contributed by atoms with Crippen molar-refractivity contribution in [1.82, 2.24) is 10.6 Å². The van der Waals surface area contributed by atoms with Gasteiger partial charge in [-0.1, -0.05) is 12.2 Å². The largest absolute Gasteiger partial charge is 0.317 e. The van der Waals surface area contributed by atoms with E-state index in [4.69, 9.17) is 0 Å². The predicted molar refractivity (Wildman–Crippen MR) is 60.4 cm³/mol. The highest BCUT2D eigenvalue weighted by Crippen LogP contribution is 2.14. The Morgan fingerprint density at radius 3 is 2.71 bits per heavy atom. The van der Waals surface area contributed by atoms with Crippen molar-refractivity contribution < 1.29 is 0 Å². The van der Waals surface area contributed by atoms with Gasteiger partial charge in [-0.3, -0.25) is 0 Å². The molecule has 0 bridgehead atoms. The molecule has 2 aliphatic rings. The molecule has 0 spiro atoms. The van der Waals surface area contributed by atoms with Crippen LogP contribution in [0.25, 0.3) is 0 Å². The van der Waals surface area contributed by atoms with Gasteiger partial charge in [0.1, 0.15) is 0 Å². The van der Waals surface area contributed by atoms with Crippen molar-refractivity contribution in [1.29, 1.82) is 0 Å². The lowest BCUT2D eigenvalue weighted by Gasteiger charge is -2.26. The highest BCUT2D eigenvalue weighted by atomic mass is 14.9. The monoisotopic (exact) mass is 194 g/mol. The molecule has 2 heteroatoms. The maximum Gasteiger partial charge on any atom is 0.0105 e. The van der Waals surface area contributed by atoms with E-state index in [1.807, 2.05) is 0 Å². The van der Waals surface area contributed by atoms with Gasteiger partial charge in [0.05, 0.1) is 0 Å². The summed E-state index contributed by atoms with van der Waals surface area (Å²) in [5.74, 6) is 0.919. The van der Waals surface area contributed by atoms with Gasteiger partial charge < -0.3 is 10.6 Å². The van der Waals surface area contributed by atoms with Crippen molar-refractivity contribution in [2.75, 3.05) is 19.6 Å². The summed E-state index contributed by atoms with van der Waals surface area (Å²) in [6, 6.07) is 0.759. The van der Waals surface area contributed by atoms with Crippen molar-refractivity contribution in [3.8, 4) is 0 Å². The van der Waals surface area contributed by atoms with Crippen LogP contribution >= 0.6 is 0 Å². The van der Waals surface area contributed by atoms with Gasteiger partial charge in [-0.25, -0.2) is 0 Å². The van der Waals surface area contributed by atoms with Gasteiger partial charge >= 0.3 is 0 Å². The molecule has 0 radical (unpaired) electrons. The Morgan fingerprint density at radius 2 is 2.00 bits per heavy atom. The van der Waals surface area contributed by atoms with Gasteiger partial charge in [-0.05, 0) is 57.7 Å². The summed E-state index contributed by atoms with van der Waals surface area (Å²) in [4.78, 5) is 0. The quantitative estimate of drug-likeness (QED) is 0.668. The Morgan fingerprint density at radius 1 is 1.14 bits per heavy atom. The minimum absolute atomic E-state index is 0.759. The molecule has 1 aliphatic heterocycles. The molecule has 1 aliphatic carbocycles. The smallest absolute Gasteiger partial charge is 0.0105 e. The molecule has 2 rings (SSSR count). The van der Waals surface area contributed by atoms with Crippen molar-refractivity contribution in [2.24, 2.45) is 5.92 Å². The summed E-state index contributed by atoms with van der Waals surface area (Å²) < 4.78 is 0. The molecular weight excluding hydrogens is 172 g/mol. The zero-order chi connectivity index (χ0) is 9.64. The Hall–Kier alpha value is -0.340. The molecule has 14 heavy (non-hydrogen) atoms. The van der Waals surface area contributed by atoms with E-state index < -0.39 is 0 Å². The molecule has 2 nitrogen and oxygen atoms in total. The first kappa shape index (κ1) is 10.2. The van der Waals surface area contributed by atoms with Crippen molar-refractivity contribution in [2.45, 2.75) is 38.1 Å². The zero-order valence-electron chi connectivity index (χ0n) is 8.97. The Labute approximate surface area is 87.2 Å². The molecule has 1 fully saturated rings. The third-order valence-corrected chi connectivity index (χ3v) is 3.42. The molecular formula is C12H22N2. The second kappa shape index (κ2) is 5.52. The lowest BCUT2D eigenvalue weighted by molar-refractivity contribution is 0.333. The molecule has 1 saturated heterocycles. The van der Waals surface area contributed by atoms with Crippen LogP contribution in [0.3, 0.4) is 0 Å². The maximum absolute atomic E-state index is 3.71. The molecule has 2 N–H and O–H groups in total. The highest BCUT2D eigenvalue weighted by Gasteiger charge is 2.15. The van der Waals surface area contributed by atoms with E-state index in [0.717, 1.165) is 12.0 Å².